The van der Waals surface area contributed by atoms with Gasteiger partial charge in [0, 0.05) is 42.2 Å². The van der Waals surface area contributed by atoms with Crippen molar-refractivity contribution >= 4 is 24.4 Å². The molecule has 3 unspecified atom stereocenters. The normalized spacial score (nSPS) is 20.0. The van der Waals surface area contributed by atoms with E-state index in [1.54, 1.807) is 42.9 Å². The first-order valence-electron chi connectivity index (χ1n) is 19.7. The van der Waals surface area contributed by atoms with Gasteiger partial charge in [0.15, 0.2) is 5.82 Å². The number of amides is 3. The fraction of sp³-hybridized carbons (Fsp3) is 0.500. The molecule has 4 atom stereocenters. The molecule has 3 aromatic heterocycles. The molecule has 0 bridgehead atoms. The zero-order valence-corrected chi connectivity index (χ0v) is 32.9. The number of carbonyl (C=O) groups is 4. The van der Waals surface area contributed by atoms with Crippen LogP contribution in [0.4, 0.5) is 18.0 Å². The number of aromatic nitrogens is 6. The summed E-state index contributed by atoms with van der Waals surface area (Å²) in [6.45, 7) is 1.40. The number of nitrogens with one attached hydrogen (secondary N) is 4. The van der Waals surface area contributed by atoms with E-state index in [0.29, 0.717) is 61.0 Å². The number of rotatable bonds is 12. The van der Waals surface area contributed by atoms with E-state index in [9.17, 15) is 27.6 Å². The van der Waals surface area contributed by atoms with Crippen LogP contribution in [-0.4, -0.2) is 111 Å². The zero-order chi connectivity index (χ0) is 41.8. The number of aromatic amines is 2. The topological polar surface area (TPSA) is 200 Å². The van der Waals surface area contributed by atoms with Gasteiger partial charge in [-0.2, -0.15) is 13.2 Å². The molecule has 4 aliphatic rings. The highest BCUT2D eigenvalue weighted by molar-refractivity contribution is 5.87. The van der Waals surface area contributed by atoms with Gasteiger partial charge >= 0.3 is 12.3 Å². The summed E-state index contributed by atoms with van der Waals surface area (Å²) in [5, 5.41) is 5.81. The largest absolute Gasteiger partial charge is 0.471 e. The summed E-state index contributed by atoms with van der Waals surface area (Å²) in [5.74, 6) is 1.25. The Bertz CT molecular complexity index is 2120. The van der Waals surface area contributed by atoms with Crippen molar-refractivity contribution < 1.29 is 41.8 Å². The number of hydrogen-bond donors (Lipinski definition) is 4. The molecule has 2 saturated heterocycles. The number of nitrogens with zero attached hydrogens (tertiary/aromatic N) is 6. The molecule has 1 aromatic carbocycles. The SMILES string of the molecule is CNC(C(=O)N1CCCC1c1ncc(-c2cnc(-c3ccc(-c4nc([C@@H]5CCCN5C(=O)C(NC(=O)OC)C5CC5)[nH]c4C(F)(F)F)cc3)nc2)[nH]1)C1CC1.COC=O. The first-order chi connectivity index (χ1) is 28.4. The lowest BCUT2D eigenvalue weighted by Crippen LogP contribution is -2.49. The van der Waals surface area contributed by atoms with Gasteiger partial charge in [0.25, 0.3) is 6.47 Å². The van der Waals surface area contributed by atoms with Gasteiger partial charge in [-0.25, -0.2) is 24.7 Å². The number of hydrogen-bond acceptors (Lipinski definition) is 11. The number of likely N-dealkylation sites (N-methyl/N-ethyl adjacent to an activating group) is 1. The molecule has 59 heavy (non-hydrogen) atoms. The average Bonchev–Trinajstić information content (AvgIpc) is 3.97. The Labute approximate surface area is 338 Å². The average molecular weight is 821 g/mol. The minimum Gasteiger partial charge on any atom is -0.471 e. The molecule has 4 N–H and O–H groups in total. The number of H-pyrrole nitrogens is 2. The van der Waals surface area contributed by atoms with Crippen molar-refractivity contribution in [2.24, 2.45) is 11.8 Å². The maximum atomic E-state index is 14.4. The van der Waals surface area contributed by atoms with Gasteiger partial charge in [-0.3, -0.25) is 14.4 Å². The molecule has 4 fully saturated rings. The summed E-state index contributed by atoms with van der Waals surface area (Å²) in [7, 11) is 4.36. The Kier molecular flexibility index (Phi) is 12.3. The molecule has 0 spiro atoms. The van der Waals surface area contributed by atoms with Crippen molar-refractivity contribution in [1.29, 1.82) is 0 Å². The van der Waals surface area contributed by atoms with Gasteiger partial charge in [0.2, 0.25) is 11.8 Å². The van der Waals surface area contributed by atoms with Gasteiger partial charge in [0.1, 0.15) is 29.1 Å². The number of benzene rings is 1. The van der Waals surface area contributed by atoms with Crippen LogP contribution < -0.4 is 10.6 Å². The lowest BCUT2D eigenvalue weighted by Gasteiger charge is -2.28. The summed E-state index contributed by atoms with van der Waals surface area (Å²) >= 11 is 0. The van der Waals surface area contributed by atoms with Crippen LogP contribution >= 0.6 is 0 Å². The summed E-state index contributed by atoms with van der Waals surface area (Å²) in [4.78, 5) is 75.2. The molecule has 0 radical (unpaired) electrons. The van der Waals surface area contributed by atoms with E-state index in [4.69, 9.17) is 9.53 Å². The monoisotopic (exact) mass is 820 g/mol. The molecule has 2 saturated carbocycles. The minimum atomic E-state index is -4.74. The third kappa shape index (κ3) is 9.09. The number of likely N-dealkylation sites (tertiary alicyclic amines) is 2. The number of alkyl carbamates (subject to hydrolysis) is 1. The zero-order valence-electron chi connectivity index (χ0n) is 32.9. The maximum Gasteiger partial charge on any atom is 0.433 e. The fourth-order valence-corrected chi connectivity index (χ4v) is 7.98. The molecular weight excluding hydrogens is 773 g/mol. The highest BCUT2D eigenvalue weighted by atomic mass is 19.4. The Morgan fingerprint density at radius 1 is 0.797 bits per heavy atom. The second-order valence-corrected chi connectivity index (χ2v) is 15.2. The Morgan fingerprint density at radius 3 is 1.90 bits per heavy atom. The summed E-state index contributed by atoms with van der Waals surface area (Å²) in [6, 6.07) is 4.54. The number of imidazole rings is 2. The number of ether oxygens (including phenoxy) is 2. The lowest BCUT2D eigenvalue weighted by molar-refractivity contribution is -0.140. The Balaban J connectivity index is 0.00000126. The van der Waals surface area contributed by atoms with E-state index in [1.165, 1.54) is 19.1 Å². The Hall–Kier alpha value is -5.85. The highest BCUT2D eigenvalue weighted by Crippen LogP contribution is 2.42. The van der Waals surface area contributed by atoms with Crippen LogP contribution in [0.5, 0.6) is 0 Å². The minimum absolute atomic E-state index is 0.0402. The number of carbonyl (C=O) groups excluding carboxylic acids is 4. The standard InChI is InChI=1S/C38H43F3N10O4.C2H4O2/c1-42-29(21-7-8-21)35(52)50-15-3-5-26(50)33-45-19-25(46-33)24-17-43-32(44-18-24)23-13-11-20(12-14-23)28-31(38(39,40)41)49-34(47-28)27-6-4-16-51(27)36(53)30(22-9-10-22)48-37(54)55-2;1-4-2-3/h11-14,17-19,21-22,26-27,29-30,42H,3-10,15-16H2,1-2H3,(H,45,46)(H,47,49)(H,48,54);2H,1H3/t26?,27-,29?,30?;/m0./s1. The highest BCUT2D eigenvalue weighted by Gasteiger charge is 2.45. The molecule has 16 nitrogen and oxygen atoms in total. The predicted octanol–water partition coefficient (Wildman–Crippen LogP) is 5.19. The van der Waals surface area contributed by atoms with Crippen LogP contribution in [0.3, 0.4) is 0 Å². The third-order valence-electron chi connectivity index (χ3n) is 11.3. The molecule has 4 aromatic rings. The quantitative estimate of drug-likeness (QED) is 0.137. The number of halogens is 3. The summed E-state index contributed by atoms with van der Waals surface area (Å²) < 4.78 is 51.8. The van der Waals surface area contributed by atoms with Crippen molar-refractivity contribution in [3.63, 3.8) is 0 Å². The van der Waals surface area contributed by atoms with Crippen molar-refractivity contribution in [2.45, 2.75) is 81.7 Å². The van der Waals surface area contributed by atoms with Crippen LogP contribution in [0.15, 0.2) is 42.9 Å². The lowest BCUT2D eigenvalue weighted by atomic mass is 10.1. The molecule has 314 valence electrons. The van der Waals surface area contributed by atoms with E-state index < -0.39 is 30.0 Å². The van der Waals surface area contributed by atoms with Gasteiger partial charge in [-0.1, -0.05) is 24.3 Å². The maximum absolute atomic E-state index is 14.4. The fourth-order valence-electron chi connectivity index (χ4n) is 7.98. The summed E-state index contributed by atoms with van der Waals surface area (Å²) in [5.41, 5.74) is 0.957. The molecule has 2 aliphatic heterocycles. The second kappa shape index (κ2) is 17.6. The predicted molar refractivity (Wildman–Crippen MR) is 206 cm³/mol. The van der Waals surface area contributed by atoms with Gasteiger partial charge in [-0.15, -0.1) is 0 Å². The third-order valence-corrected chi connectivity index (χ3v) is 11.3. The van der Waals surface area contributed by atoms with E-state index in [-0.39, 0.29) is 46.9 Å². The van der Waals surface area contributed by atoms with E-state index >= 15 is 0 Å². The Morgan fingerprint density at radius 2 is 1.36 bits per heavy atom. The van der Waals surface area contributed by atoms with Crippen molar-refractivity contribution in [2.75, 3.05) is 34.4 Å². The van der Waals surface area contributed by atoms with E-state index in [1.807, 2.05) is 11.9 Å². The van der Waals surface area contributed by atoms with Crippen molar-refractivity contribution in [1.82, 2.24) is 50.3 Å². The molecule has 2 aliphatic carbocycles. The van der Waals surface area contributed by atoms with E-state index in [2.05, 4.69) is 45.3 Å². The van der Waals surface area contributed by atoms with Crippen LogP contribution in [0.25, 0.3) is 33.9 Å². The van der Waals surface area contributed by atoms with Crippen LogP contribution in [0.1, 0.15) is 80.8 Å². The first kappa shape index (κ1) is 41.3. The molecule has 3 amide bonds. The van der Waals surface area contributed by atoms with Crippen LogP contribution in [0.2, 0.25) is 0 Å². The smallest absolute Gasteiger partial charge is 0.433 e. The number of methoxy groups -OCH3 is 2. The second-order valence-electron chi connectivity index (χ2n) is 15.2. The van der Waals surface area contributed by atoms with Gasteiger partial charge < -0.3 is 39.9 Å². The van der Waals surface area contributed by atoms with Crippen molar-refractivity contribution in [3.05, 3.63) is 60.2 Å². The molecule has 5 heterocycles. The van der Waals surface area contributed by atoms with E-state index in [0.717, 1.165) is 44.3 Å². The van der Waals surface area contributed by atoms with Crippen LogP contribution in [-0.2, 0) is 30.0 Å². The number of alkyl halides is 3. The molecule has 19 heteroatoms. The van der Waals surface area contributed by atoms with Gasteiger partial charge in [0.05, 0.1) is 44.2 Å². The molecule has 8 rings (SSSR count). The van der Waals surface area contributed by atoms with Gasteiger partial charge in [-0.05, 0) is 70.3 Å². The van der Waals surface area contributed by atoms with Crippen LogP contribution in [0, 0.1) is 11.8 Å². The van der Waals surface area contributed by atoms with Crippen molar-refractivity contribution in [3.8, 4) is 33.9 Å². The molecular formula is C40H47F3N10O6. The first-order valence-corrected chi connectivity index (χ1v) is 19.7. The summed E-state index contributed by atoms with van der Waals surface area (Å²) in [6.07, 6.45) is 5.94.